The first kappa shape index (κ1) is 24.2. The van der Waals surface area contributed by atoms with E-state index in [4.69, 9.17) is 4.74 Å². The summed E-state index contributed by atoms with van der Waals surface area (Å²) in [5, 5.41) is 5.07. The number of hydrogen-bond acceptors (Lipinski definition) is 5. The maximum absolute atomic E-state index is 13.5. The van der Waals surface area contributed by atoms with E-state index >= 15 is 0 Å². The zero-order valence-electron chi connectivity index (χ0n) is 17.3. The van der Waals surface area contributed by atoms with Crippen LogP contribution in [0.4, 0.5) is 4.39 Å². The Kier molecular flexibility index (Phi) is 9.33. The van der Waals surface area contributed by atoms with Gasteiger partial charge < -0.3 is 15.4 Å². The van der Waals surface area contributed by atoms with Crippen LogP contribution in [-0.2, 0) is 36.3 Å². The van der Waals surface area contributed by atoms with Crippen LogP contribution in [0.15, 0.2) is 59.5 Å². The van der Waals surface area contributed by atoms with Gasteiger partial charge in [-0.05, 0) is 36.2 Å². The van der Waals surface area contributed by atoms with Gasteiger partial charge in [0.1, 0.15) is 17.9 Å². The van der Waals surface area contributed by atoms with Gasteiger partial charge in [0.05, 0.1) is 17.9 Å². The number of benzene rings is 2. The van der Waals surface area contributed by atoms with Crippen molar-refractivity contribution in [2.45, 2.75) is 36.7 Å². The standard InChI is InChI=1S/C22H25FN2O5S/c1-15(26)24-20(14-16-7-6-8-17(23)13-16)21(27)25-19(22(28)30-2)11-12-31(29)18-9-4-3-5-10-18/h3-10,13,19-20H,11-12,14H2,1-2H3,(H,24,26)(H,25,27)/t19-,20-,31+/m0/s1. The minimum atomic E-state index is -1.36. The molecule has 7 nitrogen and oxygen atoms in total. The molecule has 2 N–H and O–H groups in total. The predicted octanol–water partition coefficient (Wildman–Crippen LogP) is 1.73. The van der Waals surface area contributed by atoms with E-state index in [1.807, 2.05) is 0 Å². The first-order valence-corrected chi connectivity index (χ1v) is 10.9. The van der Waals surface area contributed by atoms with E-state index in [1.54, 1.807) is 36.4 Å². The molecule has 0 heterocycles. The van der Waals surface area contributed by atoms with Gasteiger partial charge in [0, 0.05) is 24.0 Å². The molecule has 166 valence electrons. The molecule has 31 heavy (non-hydrogen) atoms. The van der Waals surface area contributed by atoms with Crippen molar-refractivity contribution in [3.63, 3.8) is 0 Å². The molecular weight excluding hydrogens is 423 g/mol. The Morgan fingerprint density at radius 3 is 2.35 bits per heavy atom. The quantitative estimate of drug-likeness (QED) is 0.539. The van der Waals surface area contributed by atoms with E-state index in [-0.39, 0.29) is 18.6 Å². The molecule has 0 aliphatic heterocycles. The molecule has 2 aromatic rings. The highest BCUT2D eigenvalue weighted by atomic mass is 32.2. The molecule has 0 radical (unpaired) electrons. The van der Waals surface area contributed by atoms with E-state index < -0.39 is 46.5 Å². The van der Waals surface area contributed by atoms with Crippen LogP contribution in [0.25, 0.3) is 0 Å². The largest absolute Gasteiger partial charge is 0.467 e. The Morgan fingerprint density at radius 2 is 1.74 bits per heavy atom. The highest BCUT2D eigenvalue weighted by Crippen LogP contribution is 2.10. The van der Waals surface area contributed by atoms with Gasteiger partial charge >= 0.3 is 5.97 Å². The van der Waals surface area contributed by atoms with Crippen molar-refractivity contribution in [1.82, 2.24) is 10.6 Å². The first-order valence-electron chi connectivity index (χ1n) is 9.63. The molecule has 0 spiro atoms. The summed E-state index contributed by atoms with van der Waals surface area (Å²) in [4.78, 5) is 37.2. The SMILES string of the molecule is COC(=O)[C@H](CC[S@@](=O)c1ccccc1)NC(=O)[C@H](Cc1cccc(F)c1)NC(C)=O. The van der Waals surface area contributed by atoms with Crippen LogP contribution in [0.5, 0.6) is 0 Å². The molecule has 0 aliphatic rings. The van der Waals surface area contributed by atoms with Gasteiger partial charge in [0.2, 0.25) is 11.8 Å². The number of methoxy groups -OCH3 is 1. The van der Waals surface area contributed by atoms with Gasteiger partial charge in [-0.1, -0.05) is 30.3 Å². The Morgan fingerprint density at radius 1 is 1.03 bits per heavy atom. The number of halogens is 1. The summed E-state index contributed by atoms with van der Waals surface area (Å²) in [6.45, 7) is 1.26. The van der Waals surface area contributed by atoms with Crippen LogP contribution in [0.1, 0.15) is 18.9 Å². The zero-order valence-corrected chi connectivity index (χ0v) is 18.1. The summed E-state index contributed by atoms with van der Waals surface area (Å²) in [6.07, 6.45) is 0.111. The minimum absolute atomic E-state index is 0.0347. The number of esters is 1. The second kappa shape index (κ2) is 11.9. The lowest BCUT2D eigenvalue weighted by molar-refractivity contribution is -0.145. The van der Waals surface area contributed by atoms with Crippen LogP contribution < -0.4 is 10.6 Å². The van der Waals surface area contributed by atoms with E-state index in [1.165, 1.54) is 32.2 Å². The predicted molar refractivity (Wildman–Crippen MR) is 114 cm³/mol. The number of amides is 2. The smallest absolute Gasteiger partial charge is 0.328 e. The van der Waals surface area contributed by atoms with Crippen LogP contribution in [-0.4, -0.2) is 46.9 Å². The summed E-state index contributed by atoms with van der Waals surface area (Å²) >= 11 is 0. The first-order chi connectivity index (χ1) is 14.8. The average molecular weight is 449 g/mol. The van der Waals surface area contributed by atoms with Gasteiger partial charge in [-0.2, -0.15) is 0 Å². The molecule has 3 atom stereocenters. The molecule has 2 rings (SSSR count). The average Bonchev–Trinajstić information content (AvgIpc) is 2.75. The normalized spacial score (nSPS) is 13.5. The monoisotopic (exact) mass is 448 g/mol. The van der Waals surface area contributed by atoms with Gasteiger partial charge in [0.15, 0.2) is 0 Å². The van der Waals surface area contributed by atoms with Crippen molar-refractivity contribution >= 4 is 28.6 Å². The number of carbonyl (C=O) groups excluding carboxylic acids is 3. The fourth-order valence-electron chi connectivity index (χ4n) is 2.93. The maximum Gasteiger partial charge on any atom is 0.328 e. The molecule has 0 saturated carbocycles. The second-order valence-corrected chi connectivity index (χ2v) is 8.39. The Bertz CT molecular complexity index is 939. The highest BCUT2D eigenvalue weighted by Gasteiger charge is 2.27. The number of carbonyl (C=O) groups is 3. The number of nitrogens with one attached hydrogen (secondary N) is 2. The van der Waals surface area contributed by atoms with E-state index in [9.17, 15) is 23.0 Å². The van der Waals surface area contributed by atoms with Crippen molar-refractivity contribution in [3.8, 4) is 0 Å². The molecule has 0 saturated heterocycles. The van der Waals surface area contributed by atoms with Crippen LogP contribution in [0.2, 0.25) is 0 Å². The fourth-order valence-corrected chi connectivity index (χ4v) is 4.08. The number of rotatable bonds is 10. The third kappa shape index (κ3) is 7.93. The van der Waals surface area contributed by atoms with E-state index in [2.05, 4.69) is 10.6 Å². The van der Waals surface area contributed by atoms with Crippen molar-refractivity contribution < 1.29 is 27.7 Å². The summed E-state index contributed by atoms with van der Waals surface area (Å²) in [5.74, 6) is -2.10. The fraction of sp³-hybridized carbons (Fsp3) is 0.318. The van der Waals surface area contributed by atoms with Crippen LogP contribution >= 0.6 is 0 Å². The topological polar surface area (TPSA) is 102 Å². The molecule has 2 amide bonds. The van der Waals surface area contributed by atoms with Crippen LogP contribution in [0, 0.1) is 5.82 Å². The molecule has 0 bridgehead atoms. The summed E-state index contributed by atoms with van der Waals surface area (Å²) < 4.78 is 30.7. The maximum atomic E-state index is 13.5. The summed E-state index contributed by atoms with van der Waals surface area (Å²) in [6, 6.07) is 12.4. The molecule has 9 heteroatoms. The lowest BCUT2D eigenvalue weighted by Crippen LogP contribution is -2.52. The lowest BCUT2D eigenvalue weighted by atomic mass is 10.0. The third-order valence-electron chi connectivity index (χ3n) is 4.42. The summed E-state index contributed by atoms with van der Waals surface area (Å²) in [5.41, 5.74) is 0.508. The van der Waals surface area contributed by atoms with Crippen molar-refractivity contribution in [2.75, 3.05) is 12.9 Å². The van der Waals surface area contributed by atoms with Crippen molar-refractivity contribution in [3.05, 3.63) is 66.0 Å². The van der Waals surface area contributed by atoms with E-state index in [0.717, 1.165) is 0 Å². The molecule has 2 aromatic carbocycles. The van der Waals surface area contributed by atoms with Crippen LogP contribution in [0.3, 0.4) is 0 Å². The van der Waals surface area contributed by atoms with Crippen molar-refractivity contribution in [2.24, 2.45) is 0 Å². The Hall–Kier alpha value is -3.07. The third-order valence-corrected chi connectivity index (χ3v) is 5.83. The van der Waals surface area contributed by atoms with E-state index in [0.29, 0.717) is 10.5 Å². The zero-order chi connectivity index (χ0) is 22.8. The highest BCUT2D eigenvalue weighted by molar-refractivity contribution is 7.85. The molecule has 0 aliphatic carbocycles. The molecule has 0 aromatic heterocycles. The number of hydrogen-bond donors (Lipinski definition) is 2. The van der Waals surface area contributed by atoms with Gasteiger partial charge in [-0.3, -0.25) is 13.8 Å². The number of ether oxygens (including phenoxy) is 1. The van der Waals surface area contributed by atoms with Gasteiger partial charge in [-0.15, -0.1) is 0 Å². The summed E-state index contributed by atoms with van der Waals surface area (Å²) in [7, 11) is -0.174. The lowest BCUT2D eigenvalue weighted by Gasteiger charge is -2.22. The second-order valence-electron chi connectivity index (χ2n) is 6.82. The molecule has 0 fully saturated rings. The Balaban J connectivity index is 2.08. The minimum Gasteiger partial charge on any atom is -0.467 e. The van der Waals surface area contributed by atoms with Gasteiger partial charge in [0.25, 0.3) is 0 Å². The van der Waals surface area contributed by atoms with Gasteiger partial charge in [-0.25, -0.2) is 9.18 Å². The molecular formula is C22H25FN2O5S. The molecule has 0 unspecified atom stereocenters. The Labute approximate surface area is 182 Å². The van der Waals surface area contributed by atoms with Crippen molar-refractivity contribution in [1.29, 1.82) is 0 Å².